The summed E-state index contributed by atoms with van der Waals surface area (Å²) in [6, 6.07) is 0. The highest BCUT2D eigenvalue weighted by molar-refractivity contribution is 5.85. The highest BCUT2D eigenvalue weighted by atomic mass is 16.3. The van der Waals surface area contributed by atoms with Crippen molar-refractivity contribution in [2.75, 3.05) is 0 Å². The molecule has 4 rings (SSSR count). The van der Waals surface area contributed by atoms with Gasteiger partial charge in [-0.05, 0) is 99.7 Å². The monoisotopic (exact) mass is 398 g/mol. The Hall–Kier alpha value is -0.890. The first kappa shape index (κ1) is 21.3. The second-order valence-electron chi connectivity index (χ2n) is 11.7. The summed E-state index contributed by atoms with van der Waals surface area (Å²) in [5.74, 6) is 3.35. The van der Waals surface area contributed by atoms with Crippen LogP contribution in [0.5, 0.6) is 0 Å². The largest absolute Gasteiger partial charge is 0.393 e. The molecule has 0 aromatic carbocycles. The third kappa shape index (κ3) is 3.48. The summed E-state index contributed by atoms with van der Waals surface area (Å²) >= 11 is 0. The Bertz CT molecular complexity index is 714. The first-order valence-corrected chi connectivity index (χ1v) is 12.2. The van der Waals surface area contributed by atoms with E-state index in [1.165, 1.54) is 36.8 Å². The summed E-state index contributed by atoms with van der Waals surface area (Å²) in [6.07, 6.45) is 14.1. The van der Waals surface area contributed by atoms with Gasteiger partial charge in [0.25, 0.3) is 0 Å². The molecule has 2 nitrogen and oxygen atoms in total. The van der Waals surface area contributed by atoms with Crippen molar-refractivity contribution < 1.29 is 9.90 Å². The van der Waals surface area contributed by atoms with Gasteiger partial charge in [-0.25, -0.2) is 0 Å². The first-order valence-electron chi connectivity index (χ1n) is 12.2. The molecular formula is C27H42O2. The quantitative estimate of drug-likeness (QED) is 0.550. The topological polar surface area (TPSA) is 37.3 Å². The molecule has 1 N–H and O–H groups in total. The summed E-state index contributed by atoms with van der Waals surface area (Å²) in [4.78, 5) is 13.7. The molecule has 0 radical (unpaired) electrons. The third-order valence-corrected chi connectivity index (χ3v) is 9.70. The molecule has 0 amide bonds. The van der Waals surface area contributed by atoms with Gasteiger partial charge in [-0.1, -0.05) is 44.1 Å². The van der Waals surface area contributed by atoms with Crippen LogP contribution in [0.15, 0.2) is 23.3 Å². The van der Waals surface area contributed by atoms with Crippen molar-refractivity contribution in [2.45, 2.75) is 98.5 Å². The van der Waals surface area contributed by atoms with Crippen molar-refractivity contribution in [1.82, 2.24) is 0 Å². The van der Waals surface area contributed by atoms with E-state index in [0.717, 1.165) is 32.1 Å². The summed E-state index contributed by atoms with van der Waals surface area (Å²) in [5.41, 5.74) is 3.00. The molecule has 4 aliphatic rings. The number of aliphatic hydroxyl groups excluding tert-OH is 1. The average Bonchev–Trinajstić information content (AvgIpc) is 2.98. The molecule has 0 saturated heterocycles. The lowest BCUT2D eigenvalue weighted by atomic mass is 9.46. The molecule has 4 aliphatic carbocycles. The van der Waals surface area contributed by atoms with E-state index in [-0.39, 0.29) is 22.9 Å². The number of aliphatic hydroxyl groups is 1. The smallest absolute Gasteiger partial charge is 0.137 e. The van der Waals surface area contributed by atoms with Gasteiger partial charge in [0.05, 0.1) is 6.10 Å². The van der Waals surface area contributed by atoms with Crippen molar-refractivity contribution in [3.63, 3.8) is 0 Å². The molecule has 0 unspecified atom stereocenters. The van der Waals surface area contributed by atoms with Gasteiger partial charge in [-0.2, -0.15) is 0 Å². The first-order chi connectivity index (χ1) is 13.7. The maximum Gasteiger partial charge on any atom is 0.137 e. The van der Waals surface area contributed by atoms with E-state index in [1.54, 1.807) is 0 Å². The van der Waals surface area contributed by atoms with Gasteiger partial charge < -0.3 is 5.11 Å². The van der Waals surface area contributed by atoms with Gasteiger partial charge in [0, 0.05) is 12.3 Å². The highest BCUT2D eigenvalue weighted by Gasteiger charge is 2.62. The summed E-state index contributed by atoms with van der Waals surface area (Å²) in [5, 5.41) is 10.2. The minimum absolute atomic E-state index is 0.00765. The lowest BCUT2D eigenvalue weighted by molar-refractivity contribution is -0.145. The van der Waals surface area contributed by atoms with Gasteiger partial charge in [0.1, 0.15) is 5.78 Å². The molecule has 0 bridgehead atoms. The minimum Gasteiger partial charge on any atom is -0.393 e. The SMILES string of the molecule is CC(C)=CCC[C@@H](C)[C@H]1CC[C@H]2[C@@H]3CC=C4C[C@H](O)CC[C@]4(C)[C@H]3C(=O)C[C@]12C. The lowest BCUT2D eigenvalue weighted by Crippen LogP contribution is -2.55. The zero-order valence-corrected chi connectivity index (χ0v) is 19.3. The van der Waals surface area contributed by atoms with E-state index < -0.39 is 0 Å². The van der Waals surface area contributed by atoms with Crippen LogP contribution in [-0.2, 0) is 4.79 Å². The number of hydrogen-bond acceptors (Lipinski definition) is 2. The number of rotatable bonds is 4. The van der Waals surface area contributed by atoms with Gasteiger partial charge in [-0.3, -0.25) is 4.79 Å². The molecule has 162 valence electrons. The summed E-state index contributed by atoms with van der Waals surface area (Å²) in [6.45, 7) is 11.6. The number of Topliss-reactive ketones (excluding diaryl/α,β-unsaturated/α-hetero) is 1. The number of carbonyl (C=O) groups is 1. The van der Waals surface area contributed by atoms with Crippen LogP contribution in [0.3, 0.4) is 0 Å². The zero-order chi connectivity index (χ0) is 21.0. The van der Waals surface area contributed by atoms with E-state index in [4.69, 9.17) is 0 Å². The molecule has 0 heterocycles. The van der Waals surface area contributed by atoms with E-state index in [0.29, 0.717) is 29.5 Å². The Morgan fingerprint density at radius 3 is 2.76 bits per heavy atom. The van der Waals surface area contributed by atoms with Crippen molar-refractivity contribution in [3.8, 4) is 0 Å². The van der Waals surface area contributed by atoms with E-state index >= 15 is 0 Å². The van der Waals surface area contributed by atoms with E-state index in [9.17, 15) is 9.90 Å². The van der Waals surface area contributed by atoms with Crippen LogP contribution >= 0.6 is 0 Å². The fourth-order valence-electron chi connectivity index (χ4n) is 8.28. The maximum absolute atomic E-state index is 13.7. The number of hydrogen-bond donors (Lipinski definition) is 1. The van der Waals surface area contributed by atoms with Crippen LogP contribution in [-0.4, -0.2) is 17.0 Å². The average molecular weight is 399 g/mol. The fraction of sp³-hybridized carbons (Fsp3) is 0.815. The summed E-state index contributed by atoms with van der Waals surface area (Å²) in [7, 11) is 0. The molecular weight excluding hydrogens is 356 g/mol. The molecule has 29 heavy (non-hydrogen) atoms. The maximum atomic E-state index is 13.7. The van der Waals surface area contributed by atoms with E-state index in [1.807, 2.05) is 0 Å². The Kier molecular flexibility index (Phi) is 5.64. The fourth-order valence-corrected chi connectivity index (χ4v) is 8.28. The van der Waals surface area contributed by atoms with Gasteiger partial charge >= 0.3 is 0 Å². The van der Waals surface area contributed by atoms with Crippen molar-refractivity contribution in [1.29, 1.82) is 0 Å². The molecule has 8 atom stereocenters. The molecule has 0 aromatic heterocycles. The van der Waals surface area contributed by atoms with Gasteiger partial charge in [0.2, 0.25) is 0 Å². The van der Waals surface area contributed by atoms with Crippen LogP contribution in [0.2, 0.25) is 0 Å². The van der Waals surface area contributed by atoms with E-state index in [2.05, 4.69) is 46.8 Å². The van der Waals surface area contributed by atoms with Crippen molar-refractivity contribution in [2.24, 2.45) is 40.4 Å². The summed E-state index contributed by atoms with van der Waals surface area (Å²) < 4.78 is 0. The normalized spacial score (nSPS) is 45.0. The van der Waals surface area contributed by atoms with Crippen LogP contribution in [0, 0.1) is 40.4 Å². The lowest BCUT2D eigenvalue weighted by Gasteiger charge is -2.57. The van der Waals surface area contributed by atoms with Crippen LogP contribution in [0.25, 0.3) is 0 Å². The van der Waals surface area contributed by atoms with Crippen LogP contribution in [0.4, 0.5) is 0 Å². The predicted octanol–water partition coefficient (Wildman–Crippen LogP) is 6.49. The molecule has 3 fully saturated rings. The molecule has 3 saturated carbocycles. The Balaban J connectivity index is 1.57. The molecule has 0 aliphatic heterocycles. The van der Waals surface area contributed by atoms with Crippen LogP contribution in [0.1, 0.15) is 92.4 Å². The molecule has 2 heteroatoms. The Morgan fingerprint density at radius 1 is 1.28 bits per heavy atom. The Morgan fingerprint density at radius 2 is 2.03 bits per heavy atom. The van der Waals surface area contributed by atoms with Gasteiger partial charge in [0.15, 0.2) is 0 Å². The Labute approximate surface area is 178 Å². The van der Waals surface area contributed by atoms with Gasteiger partial charge in [-0.15, -0.1) is 0 Å². The van der Waals surface area contributed by atoms with Crippen molar-refractivity contribution >= 4 is 5.78 Å². The molecule has 0 aromatic rings. The number of fused-ring (bicyclic) bond motifs is 5. The second-order valence-corrected chi connectivity index (χ2v) is 11.7. The second kappa shape index (κ2) is 7.66. The van der Waals surface area contributed by atoms with Crippen LogP contribution < -0.4 is 0 Å². The number of ketones is 1. The minimum atomic E-state index is -0.202. The standard InChI is InChI=1S/C27H42O2/c1-17(2)7-6-8-18(3)22-11-12-23-21-10-9-19-15-20(28)13-14-26(19,4)25(21)24(29)16-27(22,23)5/h7,9,18,20-23,25,28H,6,8,10-16H2,1-5H3/t18-,20-,21+,22-,23+,25-,26+,27-/m1/s1. The predicted molar refractivity (Wildman–Crippen MR) is 119 cm³/mol. The zero-order valence-electron chi connectivity index (χ0n) is 19.3. The van der Waals surface area contributed by atoms with Crippen molar-refractivity contribution in [3.05, 3.63) is 23.3 Å². The number of carbonyl (C=O) groups excluding carboxylic acids is 1. The molecule has 0 spiro atoms. The third-order valence-electron chi connectivity index (χ3n) is 9.70. The number of allylic oxidation sites excluding steroid dienone is 3. The highest BCUT2D eigenvalue weighted by Crippen LogP contribution is 2.66.